The van der Waals surface area contributed by atoms with Crippen LogP contribution in [0.15, 0.2) is 45.2 Å². The Morgan fingerprint density at radius 1 is 1.14 bits per heavy atom. The van der Waals surface area contributed by atoms with E-state index in [9.17, 15) is 19.5 Å². The van der Waals surface area contributed by atoms with Crippen molar-refractivity contribution in [1.82, 2.24) is 14.9 Å². The van der Waals surface area contributed by atoms with Crippen LogP contribution in [0.4, 0.5) is 5.82 Å². The smallest absolute Gasteiger partial charge is 0.350 e. The van der Waals surface area contributed by atoms with Gasteiger partial charge in [-0.2, -0.15) is 4.98 Å². The summed E-state index contributed by atoms with van der Waals surface area (Å²) in [5.74, 6) is -1.46. The number of nitrogens with one attached hydrogen (secondary N) is 2. The normalized spacial score (nSPS) is 12.7. The van der Waals surface area contributed by atoms with Crippen molar-refractivity contribution in [3.8, 4) is 0 Å². The Labute approximate surface area is 201 Å². The third-order valence-electron chi connectivity index (χ3n) is 4.73. The summed E-state index contributed by atoms with van der Waals surface area (Å²) in [7, 11) is 0. The third-order valence-corrected chi connectivity index (χ3v) is 4.73. The van der Waals surface area contributed by atoms with Crippen LogP contribution in [0.3, 0.4) is 0 Å². The van der Waals surface area contributed by atoms with Crippen LogP contribution in [0.1, 0.15) is 42.5 Å². The van der Waals surface area contributed by atoms with Crippen molar-refractivity contribution in [2.45, 2.75) is 39.7 Å². The molecule has 1 aliphatic rings. The van der Waals surface area contributed by atoms with E-state index in [1.807, 2.05) is 31.2 Å². The lowest BCUT2D eigenvalue weighted by Crippen LogP contribution is -2.31. The highest BCUT2D eigenvalue weighted by atomic mass is 16.4. The monoisotopic (exact) mass is 484 g/mol. The molecule has 2 aromatic rings. The van der Waals surface area contributed by atoms with Gasteiger partial charge in [-0.25, -0.2) is 14.8 Å². The fourth-order valence-electron chi connectivity index (χ4n) is 3.15. The molecule has 4 N–H and O–H groups in total. The van der Waals surface area contributed by atoms with Crippen LogP contribution in [-0.4, -0.2) is 62.9 Å². The largest absolute Gasteiger partial charge is 0.481 e. The molecule has 0 fully saturated rings. The Morgan fingerprint density at radius 3 is 2.37 bits per heavy atom. The molecule has 2 heterocycles. The van der Waals surface area contributed by atoms with Crippen molar-refractivity contribution in [3.05, 3.63) is 57.6 Å². The zero-order chi connectivity index (χ0) is 26.0. The molecule has 12 heteroatoms. The molecule has 1 aliphatic heterocycles. The second-order valence-corrected chi connectivity index (χ2v) is 7.71. The van der Waals surface area contributed by atoms with Gasteiger partial charge in [0.25, 0.3) is 5.97 Å². The fourth-order valence-corrected chi connectivity index (χ4v) is 3.15. The van der Waals surface area contributed by atoms with E-state index in [1.54, 1.807) is 19.3 Å². The summed E-state index contributed by atoms with van der Waals surface area (Å²) in [4.78, 5) is 57.0. The minimum Gasteiger partial charge on any atom is -0.481 e. The molecule has 12 nitrogen and oxygen atoms in total. The Morgan fingerprint density at radius 2 is 1.80 bits per heavy atom. The van der Waals surface area contributed by atoms with E-state index in [0.29, 0.717) is 29.4 Å². The van der Waals surface area contributed by atoms with Gasteiger partial charge in [0.2, 0.25) is 11.9 Å². The van der Waals surface area contributed by atoms with Gasteiger partial charge in [0, 0.05) is 37.9 Å². The van der Waals surface area contributed by atoms with Crippen LogP contribution in [0.25, 0.3) is 0 Å². The van der Waals surface area contributed by atoms with E-state index < -0.39 is 23.7 Å². The summed E-state index contributed by atoms with van der Waals surface area (Å²) in [6.07, 6.45) is 3.09. The van der Waals surface area contributed by atoms with Crippen molar-refractivity contribution in [2.75, 3.05) is 18.4 Å². The minimum absolute atomic E-state index is 0.143. The Hall–Kier alpha value is -4.35. The highest BCUT2D eigenvalue weighted by Gasteiger charge is 2.20. The molecule has 1 atom stereocenters. The van der Waals surface area contributed by atoms with Crippen molar-refractivity contribution in [3.63, 3.8) is 0 Å². The van der Waals surface area contributed by atoms with Crippen LogP contribution in [-0.2, 0) is 14.4 Å². The predicted octanol–water partition coefficient (Wildman–Crippen LogP) is 1.37. The van der Waals surface area contributed by atoms with Gasteiger partial charge in [0.05, 0.1) is 19.0 Å². The number of aliphatic carboxylic acids is 2. The number of aliphatic imine (C=N–C) groups is 2. The minimum atomic E-state index is -1.01. The molecular formula is C23H28N6O6. The van der Waals surface area contributed by atoms with Gasteiger partial charge in [-0.3, -0.25) is 24.3 Å². The molecule has 3 rings (SSSR count). The molecule has 0 aliphatic carbocycles. The van der Waals surface area contributed by atoms with Crippen LogP contribution >= 0.6 is 0 Å². The van der Waals surface area contributed by atoms with Crippen LogP contribution in [0.2, 0.25) is 0 Å². The van der Waals surface area contributed by atoms with Gasteiger partial charge in [-0.1, -0.05) is 29.8 Å². The lowest BCUT2D eigenvalue weighted by molar-refractivity contribution is -0.138. The summed E-state index contributed by atoms with van der Waals surface area (Å²) in [5.41, 5.74) is 1.84. The number of hydrogen-bond donors (Lipinski definition) is 4. The van der Waals surface area contributed by atoms with Gasteiger partial charge < -0.3 is 15.5 Å². The first-order valence-corrected chi connectivity index (χ1v) is 10.7. The highest BCUT2D eigenvalue weighted by Crippen LogP contribution is 2.22. The molecule has 1 aromatic heterocycles. The Bertz CT molecular complexity index is 1180. The number of amides is 1. The van der Waals surface area contributed by atoms with Gasteiger partial charge in [-0.05, 0) is 19.4 Å². The zero-order valence-electron chi connectivity index (χ0n) is 19.7. The van der Waals surface area contributed by atoms with Crippen molar-refractivity contribution in [1.29, 1.82) is 0 Å². The van der Waals surface area contributed by atoms with E-state index in [2.05, 4.69) is 25.6 Å². The van der Waals surface area contributed by atoms with Gasteiger partial charge in [-0.15, -0.1) is 0 Å². The lowest BCUT2D eigenvalue weighted by atomic mass is 10.0. The SMILES string of the molecule is CC(=O)O.Cc1ccc(C(CC(=O)O)n2cc(C)c(NCCC(=O)NC3=NCC=N3)nc2=O)cc1. The summed E-state index contributed by atoms with van der Waals surface area (Å²) < 4.78 is 1.34. The first-order valence-electron chi connectivity index (χ1n) is 10.7. The highest BCUT2D eigenvalue weighted by molar-refractivity contribution is 6.02. The topological polar surface area (TPSA) is 175 Å². The van der Waals surface area contributed by atoms with Gasteiger partial charge in [0.1, 0.15) is 5.82 Å². The molecule has 1 amide bonds. The third kappa shape index (κ3) is 8.84. The number of carbonyl (C=O) groups excluding carboxylic acids is 1. The van der Waals surface area contributed by atoms with E-state index in [-0.39, 0.29) is 25.3 Å². The molecule has 0 saturated carbocycles. The summed E-state index contributed by atoms with van der Waals surface area (Å²) in [6.45, 7) is 5.50. The molecule has 1 unspecified atom stereocenters. The van der Waals surface area contributed by atoms with Crippen LogP contribution in [0.5, 0.6) is 0 Å². The molecule has 0 spiro atoms. The van der Waals surface area contributed by atoms with Crippen molar-refractivity contribution < 1.29 is 24.6 Å². The molecule has 0 saturated heterocycles. The first-order chi connectivity index (χ1) is 16.6. The van der Waals surface area contributed by atoms with Crippen LogP contribution in [0, 0.1) is 13.8 Å². The lowest BCUT2D eigenvalue weighted by Gasteiger charge is -2.20. The predicted molar refractivity (Wildman–Crippen MR) is 130 cm³/mol. The second kappa shape index (κ2) is 12.8. The maximum atomic E-state index is 12.7. The van der Waals surface area contributed by atoms with Crippen molar-refractivity contribution in [2.24, 2.45) is 9.98 Å². The quantitative estimate of drug-likeness (QED) is 0.434. The molecule has 35 heavy (non-hydrogen) atoms. The number of benzene rings is 1. The Balaban J connectivity index is 0.00000100. The van der Waals surface area contributed by atoms with Crippen LogP contribution < -0.4 is 16.3 Å². The van der Waals surface area contributed by atoms with Gasteiger partial charge in [0.15, 0.2) is 0 Å². The zero-order valence-corrected chi connectivity index (χ0v) is 19.7. The number of nitrogens with zero attached hydrogens (tertiary/aromatic N) is 4. The van der Waals surface area contributed by atoms with E-state index >= 15 is 0 Å². The molecule has 1 aromatic carbocycles. The van der Waals surface area contributed by atoms with E-state index in [4.69, 9.17) is 9.90 Å². The summed E-state index contributed by atoms with van der Waals surface area (Å²) >= 11 is 0. The summed E-state index contributed by atoms with van der Waals surface area (Å²) in [6, 6.07) is 6.70. The number of carboxylic acids is 2. The van der Waals surface area contributed by atoms with Crippen molar-refractivity contribution >= 4 is 35.8 Å². The standard InChI is InChI=1S/C21H24N6O4.C2H4O2/c1-13-3-5-15(6-4-13)16(11-18(29)30)27-12-14(2)19(26-21(27)31)22-8-7-17(28)25-20-23-9-10-24-20;1-2(3)4/h3-6,9,12,16H,7-8,10-11H2,1-2H3,(H,29,30)(H,22,26,31)(H,24,25,28);1H3,(H,3,4). The molecule has 0 radical (unpaired) electrons. The number of carbonyl (C=O) groups is 3. The number of hydrogen-bond acceptors (Lipinski definition) is 8. The maximum absolute atomic E-state index is 12.7. The van der Waals surface area contributed by atoms with E-state index in [0.717, 1.165) is 12.5 Å². The number of anilines is 1. The Kier molecular flexibility index (Phi) is 9.82. The molecular weight excluding hydrogens is 456 g/mol. The van der Waals surface area contributed by atoms with E-state index in [1.165, 1.54) is 4.57 Å². The maximum Gasteiger partial charge on any atom is 0.350 e. The number of aryl methyl sites for hydroxylation is 2. The van der Waals surface area contributed by atoms with Gasteiger partial charge >= 0.3 is 11.7 Å². The fraction of sp³-hybridized carbons (Fsp3) is 0.348. The number of aromatic nitrogens is 2. The average molecular weight is 485 g/mol. The second-order valence-electron chi connectivity index (χ2n) is 7.71. The first kappa shape index (κ1) is 26.9. The average Bonchev–Trinajstić information content (AvgIpc) is 3.27. The number of carboxylic acid groups (broad SMARTS) is 2. The summed E-state index contributed by atoms with van der Waals surface area (Å²) in [5, 5.41) is 22.3. The number of rotatable bonds is 8. The molecule has 0 bridgehead atoms. The number of guanidine groups is 1. The molecule has 186 valence electrons.